The monoisotopic (exact) mass is 173 g/mol. The largest absolute Gasteiger partial charge is 0.371 e. The molecule has 13 heavy (non-hydrogen) atoms. The maximum absolute atomic E-state index is 2.56. The molecule has 0 saturated carbocycles. The van der Waals surface area contributed by atoms with E-state index in [2.05, 4.69) is 24.0 Å². The third-order valence-corrected chi connectivity index (χ3v) is 3.25. The predicted molar refractivity (Wildman–Crippen MR) is 55.4 cm³/mol. The zero-order chi connectivity index (χ0) is 8.84. The van der Waals surface area contributed by atoms with Gasteiger partial charge in [0.1, 0.15) is 0 Å². The first kappa shape index (κ1) is 7.43. The lowest BCUT2D eigenvalue weighted by Gasteiger charge is -2.27. The molecule has 0 unspecified atom stereocenters. The molecular formula is C12H15N. The quantitative estimate of drug-likeness (QED) is 0.582. The van der Waals surface area contributed by atoms with E-state index in [1.165, 1.54) is 37.9 Å². The minimum atomic E-state index is 1.26. The van der Waals surface area contributed by atoms with Gasteiger partial charge in [-0.25, -0.2) is 0 Å². The van der Waals surface area contributed by atoms with Crippen LogP contribution in [0.2, 0.25) is 0 Å². The highest BCUT2D eigenvalue weighted by Crippen LogP contribution is 2.36. The maximum atomic E-state index is 2.56. The summed E-state index contributed by atoms with van der Waals surface area (Å²) in [7, 11) is 0. The number of anilines is 1. The summed E-state index contributed by atoms with van der Waals surface area (Å²) < 4.78 is 0. The summed E-state index contributed by atoms with van der Waals surface area (Å²) in [6, 6.07) is 4.74. The van der Waals surface area contributed by atoms with Gasteiger partial charge in [-0.1, -0.05) is 17.7 Å². The molecular weight excluding hydrogens is 158 g/mol. The van der Waals surface area contributed by atoms with Gasteiger partial charge in [-0.15, -0.1) is 0 Å². The molecule has 0 saturated heterocycles. The Kier molecular flexibility index (Phi) is 1.43. The van der Waals surface area contributed by atoms with Gasteiger partial charge in [0.25, 0.3) is 0 Å². The van der Waals surface area contributed by atoms with Crippen molar-refractivity contribution in [2.75, 3.05) is 18.0 Å². The number of hydrogen-bond acceptors (Lipinski definition) is 1. The van der Waals surface area contributed by atoms with Crippen molar-refractivity contribution in [1.29, 1.82) is 0 Å². The van der Waals surface area contributed by atoms with Gasteiger partial charge in [0.2, 0.25) is 0 Å². The molecule has 0 spiro atoms. The van der Waals surface area contributed by atoms with E-state index in [4.69, 9.17) is 0 Å². The topological polar surface area (TPSA) is 3.24 Å². The van der Waals surface area contributed by atoms with E-state index in [-0.39, 0.29) is 0 Å². The molecule has 0 radical (unpaired) electrons. The molecule has 0 aromatic heterocycles. The van der Waals surface area contributed by atoms with Crippen LogP contribution in [0.25, 0.3) is 0 Å². The first-order chi connectivity index (χ1) is 6.34. The number of benzene rings is 1. The fourth-order valence-electron chi connectivity index (χ4n) is 2.77. The summed E-state index contributed by atoms with van der Waals surface area (Å²) >= 11 is 0. The Morgan fingerprint density at radius 2 is 1.85 bits per heavy atom. The van der Waals surface area contributed by atoms with Crippen molar-refractivity contribution in [2.24, 2.45) is 0 Å². The number of aryl methyl sites for hydroxylation is 2. The molecule has 1 aromatic rings. The second-order valence-corrected chi connectivity index (χ2v) is 4.27. The zero-order valence-corrected chi connectivity index (χ0v) is 8.14. The number of rotatable bonds is 0. The molecule has 2 aliphatic rings. The summed E-state index contributed by atoms with van der Waals surface area (Å²) in [6.45, 7) is 4.75. The lowest BCUT2D eigenvalue weighted by atomic mass is 9.98. The molecule has 0 fully saturated rings. The fraction of sp³-hybridized carbons (Fsp3) is 0.500. The van der Waals surface area contributed by atoms with Gasteiger partial charge in [-0.2, -0.15) is 0 Å². The van der Waals surface area contributed by atoms with Crippen molar-refractivity contribution >= 4 is 5.69 Å². The molecule has 0 bridgehead atoms. The van der Waals surface area contributed by atoms with Gasteiger partial charge >= 0.3 is 0 Å². The van der Waals surface area contributed by atoms with Crippen molar-refractivity contribution < 1.29 is 0 Å². The van der Waals surface area contributed by atoms with E-state index >= 15 is 0 Å². The van der Waals surface area contributed by atoms with Crippen LogP contribution in [0.15, 0.2) is 12.1 Å². The Morgan fingerprint density at radius 1 is 1.08 bits per heavy atom. The van der Waals surface area contributed by atoms with Crippen LogP contribution in [-0.4, -0.2) is 13.1 Å². The van der Waals surface area contributed by atoms with Crippen molar-refractivity contribution in [3.63, 3.8) is 0 Å². The van der Waals surface area contributed by atoms with Crippen LogP contribution in [0.3, 0.4) is 0 Å². The molecule has 2 aliphatic heterocycles. The summed E-state index contributed by atoms with van der Waals surface area (Å²) in [5.41, 5.74) is 6.21. The van der Waals surface area contributed by atoms with Crippen LogP contribution in [0.1, 0.15) is 23.1 Å². The van der Waals surface area contributed by atoms with Crippen molar-refractivity contribution in [3.05, 3.63) is 28.8 Å². The Balaban J connectivity index is 2.23. The Labute approximate surface area is 79.4 Å². The van der Waals surface area contributed by atoms with E-state index in [0.29, 0.717) is 0 Å². The third-order valence-electron chi connectivity index (χ3n) is 3.25. The van der Waals surface area contributed by atoms with Gasteiger partial charge in [-0.3, -0.25) is 0 Å². The predicted octanol–water partition coefficient (Wildman–Crippen LogP) is 2.30. The van der Waals surface area contributed by atoms with Crippen LogP contribution in [0, 0.1) is 6.92 Å². The molecule has 2 heterocycles. The molecule has 0 N–H and O–H groups in total. The average molecular weight is 173 g/mol. The van der Waals surface area contributed by atoms with Crippen molar-refractivity contribution in [3.8, 4) is 0 Å². The molecule has 1 nitrogen and oxygen atoms in total. The van der Waals surface area contributed by atoms with Crippen molar-refractivity contribution in [2.45, 2.75) is 26.2 Å². The highest BCUT2D eigenvalue weighted by Gasteiger charge is 2.25. The smallest absolute Gasteiger partial charge is 0.0432 e. The Hall–Kier alpha value is -0.980. The number of hydrogen-bond donors (Lipinski definition) is 0. The minimum Gasteiger partial charge on any atom is -0.371 e. The zero-order valence-electron chi connectivity index (χ0n) is 8.14. The lowest BCUT2D eigenvalue weighted by Crippen LogP contribution is -2.26. The maximum Gasteiger partial charge on any atom is 0.0432 e. The van der Waals surface area contributed by atoms with E-state index in [1.54, 1.807) is 16.8 Å². The second kappa shape index (κ2) is 2.50. The van der Waals surface area contributed by atoms with Crippen LogP contribution >= 0.6 is 0 Å². The SMILES string of the molecule is Cc1cc2c3c(c1)CCN3CCC2. The van der Waals surface area contributed by atoms with Crippen LogP contribution in [0.5, 0.6) is 0 Å². The van der Waals surface area contributed by atoms with Gasteiger partial charge in [0, 0.05) is 18.8 Å². The summed E-state index contributed by atoms with van der Waals surface area (Å²) in [5.74, 6) is 0. The molecule has 0 aliphatic carbocycles. The van der Waals surface area contributed by atoms with Crippen LogP contribution < -0.4 is 4.90 Å². The molecule has 0 atom stereocenters. The van der Waals surface area contributed by atoms with Crippen molar-refractivity contribution in [1.82, 2.24) is 0 Å². The molecule has 1 aromatic carbocycles. The van der Waals surface area contributed by atoms with E-state index in [1.807, 2.05) is 0 Å². The Bertz CT molecular complexity index is 354. The lowest BCUT2D eigenvalue weighted by molar-refractivity contribution is 0.719. The van der Waals surface area contributed by atoms with Gasteiger partial charge < -0.3 is 4.90 Å². The average Bonchev–Trinajstić information content (AvgIpc) is 2.50. The van der Waals surface area contributed by atoms with E-state index in [0.717, 1.165) is 0 Å². The van der Waals surface area contributed by atoms with Gasteiger partial charge in [0.15, 0.2) is 0 Å². The van der Waals surface area contributed by atoms with Crippen LogP contribution in [0.4, 0.5) is 5.69 Å². The van der Waals surface area contributed by atoms with E-state index in [9.17, 15) is 0 Å². The standard InChI is InChI=1S/C12H15N/c1-9-7-10-3-2-5-13-6-4-11(8-9)12(10)13/h7-8H,2-6H2,1H3. The van der Waals surface area contributed by atoms with Gasteiger partial charge in [0.05, 0.1) is 0 Å². The fourth-order valence-corrected chi connectivity index (χ4v) is 2.77. The molecule has 0 amide bonds. The highest BCUT2D eigenvalue weighted by atomic mass is 15.2. The summed E-state index contributed by atoms with van der Waals surface area (Å²) in [5, 5.41) is 0. The van der Waals surface area contributed by atoms with E-state index < -0.39 is 0 Å². The molecule has 68 valence electrons. The third kappa shape index (κ3) is 0.995. The highest BCUT2D eigenvalue weighted by molar-refractivity contribution is 5.65. The number of nitrogens with zero attached hydrogens (tertiary/aromatic N) is 1. The van der Waals surface area contributed by atoms with Gasteiger partial charge in [-0.05, 0) is 37.3 Å². The first-order valence-corrected chi connectivity index (χ1v) is 5.22. The minimum absolute atomic E-state index is 1.26. The second-order valence-electron chi connectivity index (χ2n) is 4.27. The summed E-state index contributed by atoms with van der Waals surface area (Å²) in [6.07, 6.45) is 3.90. The molecule has 3 rings (SSSR count). The molecule has 1 heteroatoms. The normalized spacial score (nSPS) is 19.0. The summed E-state index contributed by atoms with van der Waals surface area (Å²) in [4.78, 5) is 2.56. The Morgan fingerprint density at radius 3 is 2.69 bits per heavy atom. The van der Waals surface area contributed by atoms with Crippen LogP contribution in [-0.2, 0) is 12.8 Å². The first-order valence-electron chi connectivity index (χ1n) is 5.22.